The molecule has 0 bridgehead atoms. The van der Waals surface area contributed by atoms with Crippen LogP contribution in [0.1, 0.15) is 18.4 Å². The molecule has 1 N–H and O–H groups in total. The van der Waals surface area contributed by atoms with Crippen LogP contribution in [0.4, 0.5) is 5.69 Å². The van der Waals surface area contributed by atoms with Crippen molar-refractivity contribution < 1.29 is 9.59 Å². The molecule has 1 fully saturated rings. The first-order chi connectivity index (χ1) is 14.1. The fourth-order valence-electron chi connectivity index (χ4n) is 3.76. The van der Waals surface area contributed by atoms with E-state index in [1.807, 2.05) is 17.0 Å². The minimum Gasteiger partial charge on any atom is -0.341 e. The van der Waals surface area contributed by atoms with Crippen LogP contribution in [-0.4, -0.2) is 53.0 Å². The summed E-state index contributed by atoms with van der Waals surface area (Å²) in [6.07, 6.45) is 1.17. The van der Waals surface area contributed by atoms with Gasteiger partial charge in [0.15, 0.2) is 0 Å². The highest BCUT2D eigenvalue weighted by Crippen LogP contribution is 2.38. The Bertz CT molecular complexity index is 893. The van der Waals surface area contributed by atoms with Gasteiger partial charge in [-0.2, -0.15) is 0 Å². The second kappa shape index (κ2) is 9.20. The zero-order valence-electron chi connectivity index (χ0n) is 16.1. The summed E-state index contributed by atoms with van der Waals surface area (Å²) < 4.78 is 0. The molecule has 0 aromatic heterocycles. The van der Waals surface area contributed by atoms with Crippen LogP contribution in [-0.2, 0) is 16.1 Å². The van der Waals surface area contributed by atoms with Gasteiger partial charge in [0.2, 0.25) is 11.8 Å². The first-order valence-electron chi connectivity index (χ1n) is 9.89. The number of rotatable bonds is 4. The highest BCUT2D eigenvalue weighted by atomic mass is 35.5. The number of fused-ring (bicyclic) bond motifs is 1. The van der Waals surface area contributed by atoms with Gasteiger partial charge in [-0.3, -0.25) is 14.5 Å². The molecular weight excluding hydrogens is 406 g/mol. The van der Waals surface area contributed by atoms with Gasteiger partial charge >= 0.3 is 0 Å². The number of hydrogen-bond donors (Lipinski definition) is 1. The summed E-state index contributed by atoms with van der Waals surface area (Å²) in [6.45, 7) is 4.19. The summed E-state index contributed by atoms with van der Waals surface area (Å²) in [4.78, 5) is 30.6. The van der Waals surface area contributed by atoms with E-state index >= 15 is 0 Å². The zero-order chi connectivity index (χ0) is 20.2. The third-order valence-electron chi connectivity index (χ3n) is 5.31. The lowest BCUT2D eigenvalue weighted by Crippen LogP contribution is -2.39. The summed E-state index contributed by atoms with van der Waals surface area (Å²) in [5.74, 6) is -0.0738. The number of amides is 2. The van der Waals surface area contributed by atoms with Crippen LogP contribution in [0.3, 0.4) is 0 Å². The van der Waals surface area contributed by atoms with Crippen molar-refractivity contribution in [2.75, 3.05) is 31.5 Å². The SMILES string of the molecule is O=C1Nc2cc(Cl)ccc2SC1CC(=O)N1CCCN(Cc2ccccc2)CC1. The number of benzene rings is 2. The van der Waals surface area contributed by atoms with Crippen LogP contribution < -0.4 is 5.32 Å². The van der Waals surface area contributed by atoms with Crippen molar-refractivity contribution in [3.8, 4) is 0 Å². The van der Waals surface area contributed by atoms with Gasteiger partial charge in [0.25, 0.3) is 0 Å². The first kappa shape index (κ1) is 20.3. The molecule has 2 aliphatic heterocycles. The third kappa shape index (κ3) is 5.13. The van der Waals surface area contributed by atoms with Gasteiger partial charge in [-0.05, 0) is 30.2 Å². The maximum Gasteiger partial charge on any atom is 0.238 e. The molecule has 2 amide bonds. The average Bonchev–Trinajstić information content (AvgIpc) is 2.95. The van der Waals surface area contributed by atoms with Crippen molar-refractivity contribution in [3.05, 3.63) is 59.1 Å². The van der Waals surface area contributed by atoms with Gasteiger partial charge in [0.1, 0.15) is 0 Å². The lowest BCUT2D eigenvalue weighted by Gasteiger charge is -2.27. The van der Waals surface area contributed by atoms with E-state index < -0.39 is 5.25 Å². The Labute approximate surface area is 180 Å². The van der Waals surface area contributed by atoms with Gasteiger partial charge in [-0.1, -0.05) is 41.9 Å². The molecule has 1 unspecified atom stereocenters. The second-order valence-electron chi connectivity index (χ2n) is 7.44. The topological polar surface area (TPSA) is 52.7 Å². The molecular formula is C22H24ClN3O2S. The van der Waals surface area contributed by atoms with E-state index in [9.17, 15) is 9.59 Å². The fraction of sp³-hybridized carbons (Fsp3) is 0.364. The normalized spacial score (nSPS) is 20.0. The minimum atomic E-state index is -0.403. The molecule has 2 heterocycles. The summed E-state index contributed by atoms with van der Waals surface area (Å²) in [6, 6.07) is 15.9. The van der Waals surface area contributed by atoms with Crippen LogP contribution in [0.25, 0.3) is 0 Å². The highest BCUT2D eigenvalue weighted by Gasteiger charge is 2.31. The molecule has 2 aromatic carbocycles. The number of nitrogens with one attached hydrogen (secondary N) is 1. The van der Waals surface area contributed by atoms with Gasteiger partial charge in [0, 0.05) is 49.1 Å². The molecule has 0 radical (unpaired) electrons. The van der Waals surface area contributed by atoms with E-state index in [0.717, 1.165) is 43.2 Å². The Kier molecular flexibility index (Phi) is 6.43. The molecule has 2 aromatic rings. The van der Waals surface area contributed by atoms with Crippen LogP contribution in [0.5, 0.6) is 0 Å². The predicted octanol–water partition coefficient (Wildman–Crippen LogP) is 3.88. The summed E-state index contributed by atoms with van der Waals surface area (Å²) >= 11 is 7.44. The molecule has 29 heavy (non-hydrogen) atoms. The molecule has 152 valence electrons. The Morgan fingerprint density at radius 2 is 1.93 bits per heavy atom. The molecule has 1 saturated heterocycles. The Morgan fingerprint density at radius 1 is 1.10 bits per heavy atom. The summed E-state index contributed by atoms with van der Waals surface area (Å²) in [5.41, 5.74) is 2.02. The standard InChI is InChI=1S/C22H24ClN3O2S/c23-17-7-8-19-18(13-17)24-22(28)20(29-19)14-21(27)26-10-4-9-25(11-12-26)15-16-5-2-1-3-6-16/h1-3,5-8,13,20H,4,9-12,14-15H2,(H,24,28). The highest BCUT2D eigenvalue weighted by molar-refractivity contribution is 8.01. The number of thioether (sulfide) groups is 1. The van der Waals surface area contributed by atoms with E-state index in [4.69, 9.17) is 11.6 Å². The average molecular weight is 430 g/mol. The zero-order valence-corrected chi connectivity index (χ0v) is 17.7. The Morgan fingerprint density at radius 3 is 2.76 bits per heavy atom. The first-order valence-corrected chi connectivity index (χ1v) is 11.2. The van der Waals surface area contributed by atoms with Crippen molar-refractivity contribution >= 4 is 40.9 Å². The monoisotopic (exact) mass is 429 g/mol. The van der Waals surface area contributed by atoms with Crippen molar-refractivity contribution in [2.45, 2.75) is 29.5 Å². The van der Waals surface area contributed by atoms with E-state index in [1.165, 1.54) is 17.3 Å². The number of carbonyl (C=O) groups is 2. The molecule has 1 atom stereocenters. The Hall–Kier alpha value is -2.02. The fourth-order valence-corrected chi connectivity index (χ4v) is 5.02. The van der Waals surface area contributed by atoms with Crippen LogP contribution in [0.15, 0.2) is 53.4 Å². The van der Waals surface area contributed by atoms with Crippen LogP contribution >= 0.6 is 23.4 Å². The molecule has 7 heteroatoms. The smallest absolute Gasteiger partial charge is 0.238 e. The molecule has 0 aliphatic carbocycles. The summed E-state index contributed by atoms with van der Waals surface area (Å²) in [5, 5.41) is 3.07. The van der Waals surface area contributed by atoms with Gasteiger partial charge in [-0.15, -0.1) is 11.8 Å². The van der Waals surface area contributed by atoms with Crippen molar-refractivity contribution in [3.63, 3.8) is 0 Å². The van der Waals surface area contributed by atoms with Gasteiger partial charge < -0.3 is 10.2 Å². The van der Waals surface area contributed by atoms with Gasteiger partial charge in [-0.25, -0.2) is 0 Å². The maximum absolute atomic E-state index is 12.9. The number of anilines is 1. The van der Waals surface area contributed by atoms with E-state index in [0.29, 0.717) is 11.6 Å². The number of nitrogens with zero attached hydrogens (tertiary/aromatic N) is 2. The largest absolute Gasteiger partial charge is 0.341 e. The van der Waals surface area contributed by atoms with Crippen molar-refractivity contribution in [1.82, 2.24) is 9.80 Å². The second-order valence-corrected chi connectivity index (χ2v) is 9.12. The van der Waals surface area contributed by atoms with Crippen molar-refractivity contribution in [2.24, 2.45) is 0 Å². The number of halogens is 1. The van der Waals surface area contributed by atoms with E-state index in [-0.39, 0.29) is 18.2 Å². The third-order valence-corrected chi connectivity index (χ3v) is 6.82. The predicted molar refractivity (Wildman–Crippen MR) is 117 cm³/mol. The maximum atomic E-state index is 12.9. The minimum absolute atomic E-state index is 0.0524. The molecule has 0 saturated carbocycles. The molecule has 0 spiro atoms. The molecule has 4 rings (SSSR count). The van der Waals surface area contributed by atoms with E-state index in [1.54, 1.807) is 12.1 Å². The molecule has 5 nitrogen and oxygen atoms in total. The number of carbonyl (C=O) groups excluding carboxylic acids is 2. The number of hydrogen-bond acceptors (Lipinski definition) is 4. The van der Waals surface area contributed by atoms with E-state index in [2.05, 4.69) is 34.5 Å². The lowest BCUT2D eigenvalue weighted by atomic mass is 10.2. The summed E-state index contributed by atoms with van der Waals surface area (Å²) in [7, 11) is 0. The van der Waals surface area contributed by atoms with Gasteiger partial charge in [0.05, 0.1) is 10.9 Å². The van der Waals surface area contributed by atoms with Crippen molar-refractivity contribution in [1.29, 1.82) is 0 Å². The van der Waals surface area contributed by atoms with Crippen LogP contribution in [0, 0.1) is 0 Å². The van der Waals surface area contributed by atoms with Crippen LogP contribution in [0.2, 0.25) is 5.02 Å². The quantitative estimate of drug-likeness (QED) is 0.801. The lowest BCUT2D eigenvalue weighted by molar-refractivity contribution is -0.132. The Balaban J connectivity index is 1.33. The molecule has 2 aliphatic rings.